The van der Waals surface area contributed by atoms with E-state index in [1.807, 2.05) is 54.6 Å². The maximum Gasteiger partial charge on any atom is 0.0944 e. The molecule has 3 heteroatoms. The number of aliphatic hydroxyl groups is 1. The molecule has 0 aromatic heterocycles. The van der Waals surface area contributed by atoms with E-state index >= 15 is 0 Å². The number of halogens is 1. The highest BCUT2D eigenvalue weighted by Crippen LogP contribution is 2.20. The lowest BCUT2D eigenvalue weighted by atomic mass is 9.97. The van der Waals surface area contributed by atoms with E-state index in [0.717, 1.165) is 15.6 Å². The van der Waals surface area contributed by atoms with Crippen molar-refractivity contribution in [3.63, 3.8) is 0 Å². The van der Waals surface area contributed by atoms with Gasteiger partial charge < -0.3 is 10.8 Å². The zero-order chi connectivity index (χ0) is 13.0. The zero-order valence-electron chi connectivity index (χ0n) is 9.96. The highest BCUT2D eigenvalue weighted by atomic mass is 79.9. The minimum Gasteiger partial charge on any atom is -0.387 e. The summed E-state index contributed by atoms with van der Waals surface area (Å²) in [5, 5.41) is 10.2. The Morgan fingerprint density at radius 2 is 1.61 bits per heavy atom. The Bertz CT molecular complexity index is 484. The van der Waals surface area contributed by atoms with E-state index in [1.54, 1.807) is 0 Å². The topological polar surface area (TPSA) is 46.2 Å². The summed E-state index contributed by atoms with van der Waals surface area (Å²) in [4.78, 5) is 0. The number of hydrogen-bond acceptors (Lipinski definition) is 2. The minimum atomic E-state index is -0.640. The first-order valence-corrected chi connectivity index (χ1v) is 6.69. The van der Waals surface area contributed by atoms with Gasteiger partial charge in [-0.3, -0.25) is 0 Å². The van der Waals surface area contributed by atoms with Crippen molar-refractivity contribution in [1.29, 1.82) is 0 Å². The van der Waals surface area contributed by atoms with Crippen molar-refractivity contribution in [2.24, 2.45) is 5.73 Å². The summed E-state index contributed by atoms with van der Waals surface area (Å²) < 4.78 is 0.995. The summed E-state index contributed by atoms with van der Waals surface area (Å²) in [7, 11) is 0. The molecular formula is C15H16BrNO. The summed E-state index contributed by atoms with van der Waals surface area (Å²) in [6.45, 7) is 0. The summed E-state index contributed by atoms with van der Waals surface area (Å²) in [5.41, 5.74) is 8.05. The maximum absolute atomic E-state index is 10.2. The van der Waals surface area contributed by atoms with Gasteiger partial charge in [0.15, 0.2) is 0 Å². The van der Waals surface area contributed by atoms with E-state index in [9.17, 15) is 5.11 Å². The van der Waals surface area contributed by atoms with Gasteiger partial charge in [0, 0.05) is 10.5 Å². The lowest BCUT2D eigenvalue weighted by molar-refractivity contribution is 0.146. The third-order valence-electron chi connectivity index (χ3n) is 2.93. The summed E-state index contributed by atoms with van der Waals surface area (Å²) in [6, 6.07) is 17.3. The molecule has 2 unspecified atom stereocenters. The standard InChI is InChI=1S/C15H16BrNO/c16-13-8-6-12(7-9-13)15(18)14(17)10-11-4-2-1-3-5-11/h1-9,14-15,18H,10,17H2. The fourth-order valence-electron chi connectivity index (χ4n) is 1.91. The van der Waals surface area contributed by atoms with Gasteiger partial charge in [-0.25, -0.2) is 0 Å². The molecule has 2 rings (SSSR count). The molecule has 0 fully saturated rings. The van der Waals surface area contributed by atoms with Crippen LogP contribution in [0.25, 0.3) is 0 Å². The van der Waals surface area contributed by atoms with Crippen LogP contribution < -0.4 is 5.73 Å². The third-order valence-corrected chi connectivity index (χ3v) is 3.46. The van der Waals surface area contributed by atoms with E-state index in [1.165, 1.54) is 0 Å². The Morgan fingerprint density at radius 1 is 1.00 bits per heavy atom. The van der Waals surface area contributed by atoms with E-state index in [-0.39, 0.29) is 6.04 Å². The SMILES string of the molecule is NC(Cc1ccccc1)C(O)c1ccc(Br)cc1. The van der Waals surface area contributed by atoms with Crippen LogP contribution >= 0.6 is 15.9 Å². The first-order chi connectivity index (χ1) is 8.66. The van der Waals surface area contributed by atoms with Gasteiger partial charge in [0.05, 0.1) is 6.10 Å². The largest absolute Gasteiger partial charge is 0.387 e. The highest BCUT2D eigenvalue weighted by Gasteiger charge is 2.17. The van der Waals surface area contributed by atoms with Crippen LogP contribution in [0.5, 0.6) is 0 Å². The number of nitrogens with two attached hydrogens (primary N) is 1. The van der Waals surface area contributed by atoms with Crippen LogP contribution in [0.15, 0.2) is 59.1 Å². The molecule has 0 saturated carbocycles. The van der Waals surface area contributed by atoms with E-state index in [0.29, 0.717) is 6.42 Å². The van der Waals surface area contributed by atoms with Gasteiger partial charge in [-0.1, -0.05) is 58.4 Å². The van der Waals surface area contributed by atoms with E-state index in [4.69, 9.17) is 5.73 Å². The predicted molar refractivity (Wildman–Crippen MR) is 77.2 cm³/mol. The molecule has 18 heavy (non-hydrogen) atoms. The molecule has 2 aromatic rings. The van der Waals surface area contributed by atoms with Crippen LogP contribution in [0.1, 0.15) is 17.2 Å². The minimum absolute atomic E-state index is 0.298. The van der Waals surface area contributed by atoms with E-state index in [2.05, 4.69) is 15.9 Å². The first kappa shape index (κ1) is 13.3. The van der Waals surface area contributed by atoms with Crippen LogP contribution in [0.2, 0.25) is 0 Å². The average Bonchev–Trinajstić information content (AvgIpc) is 2.40. The fourth-order valence-corrected chi connectivity index (χ4v) is 2.17. The molecule has 0 bridgehead atoms. The molecule has 3 N–H and O–H groups in total. The molecule has 0 saturated heterocycles. The second-order valence-corrected chi connectivity index (χ2v) is 5.27. The van der Waals surface area contributed by atoms with Crippen molar-refractivity contribution in [3.8, 4) is 0 Å². The predicted octanol–water partition coefficient (Wildman–Crippen LogP) is 3.05. The lowest BCUT2D eigenvalue weighted by Crippen LogP contribution is -2.30. The molecule has 2 atom stereocenters. The molecule has 0 aliphatic carbocycles. The van der Waals surface area contributed by atoms with Crippen LogP contribution in [-0.2, 0) is 6.42 Å². The van der Waals surface area contributed by atoms with Crippen molar-refractivity contribution in [3.05, 3.63) is 70.2 Å². The Labute approximate surface area is 116 Å². The number of rotatable bonds is 4. The Morgan fingerprint density at radius 3 is 2.22 bits per heavy atom. The van der Waals surface area contributed by atoms with Gasteiger partial charge in [-0.05, 0) is 29.7 Å². The van der Waals surface area contributed by atoms with Crippen molar-refractivity contribution in [2.45, 2.75) is 18.6 Å². The van der Waals surface area contributed by atoms with Gasteiger partial charge in [0.2, 0.25) is 0 Å². The quantitative estimate of drug-likeness (QED) is 0.912. The Kier molecular flexibility index (Phi) is 4.53. The van der Waals surface area contributed by atoms with Crippen LogP contribution in [0.4, 0.5) is 0 Å². The summed E-state index contributed by atoms with van der Waals surface area (Å²) >= 11 is 3.37. The Hall–Kier alpha value is -1.16. The van der Waals surface area contributed by atoms with Crippen molar-refractivity contribution < 1.29 is 5.11 Å². The molecule has 0 radical (unpaired) electrons. The molecule has 2 aromatic carbocycles. The molecule has 0 aliphatic rings. The van der Waals surface area contributed by atoms with Crippen LogP contribution in [0.3, 0.4) is 0 Å². The molecule has 2 nitrogen and oxygen atoms in total. The second-order valence-electron chi connectivity index (χ2n) is 4.35. The van der Waals surface area contributed by atoms with Crippen molar-refractivity contribution in [2.75, 3.05) is 0 Å². The monoisotopic (exact) mass is 305 g/mol. The van der Waals surface area contributed by atoms with E-state index < -0.39 is 6.10 Å². The van der Waals surface area contributed by atoms with Crippen molar-refractivity contribution in [1.82, 2.24) is 0 Å². The number of hydrogen-bond donors (Lipinski definition) is 2. The molecular weight excluding hydrogens is 290 g/mol. The molecule has 0 aliphatic heterocycles. The van der Waals surface area contributed by atoms with Gasteiger partial charge in [-0.15, -0.1) is 0 Å². The maximum atomic E-state index is 10.2. The lowest BCUT2D eigenvalue weighted by Gasteiger charge is -2.19. The van der Waals surface area contributed by atoms with Crippen molar-refractivity contribution >= 4 is 15.9 Å². The normalized spacial score (nSPS) is 14.2. The fraction of sp³-hybridized carbons (Fsp3) is 0.200. The van der Waals surface area contributed by atoms with Crippen LogP contribution in [0, 0.1) is 0 Å². The zero-order valence-corrected chi connectivity index (χ0v) is 11.5. The molecule has 0 amide bonds. The molecule has 0 heterocycles. The molecule has 0 spiro atoms. The second kappa shape index (κ2) is 6.14. The van der Waals surface area contributed by atoms with Gasteiger partial charge in [0.25, 0.3) is 0 Å². The highest BCUT2D eigenvalue weighted by molar-refractivity contribution is 9.10. The summed E-state index contributed by atoms with van der Waals surface area (Å²) in [6.07, 6.45) is 0.0243. The number of aliphatic hydroxyl groups excluding tert-OH is 1. The number of benzene rings is 2. The summed E-state index contributed by atoms with van der Waals surface area (Å²) in [5.74, 6) is 0. The van der Waals surface area contributed by atoms with Gasteiger partial charge in [-0.2, -0.15) is 0 Å². The Balaban J connectivity index is 2.05. The van der Waals surface area contributed by atoms with Gasteiger partial charge >= 0.3 is 0 Å². The smallest absolute Gasteiger partial charge is 0.0944 e. The molecule has 94 valence electrons. The first-order valence-electron chi connectivity index (χ1n) is 5.90. The average molecular weight is 306 g/mol. The van der Waals surface area contributed by atoms with Crippen LogP contribution in [-0.4, -0.2) is 11.1 Å². The third kappa shape index (κ3) is 3.42. The van der Waals surface area contributed by atoms with Gasteiger partial charge in [0.1, 0.15) is 0 Å².